The Morgan fingerprint density at radius 3 is 2.19 bits per heavy atom. The first-order chi connectivity index (χ1) is 7.47. The van der Waals surface area contributed by atoms with E-state index in [-0.39, 0.29) is 0 Å². The number of hydrogen-bond acceptors (Lipinski definition) is 3. The summed E-state index contributed by atoms with van der Waals surface area (Å²) in [5.41, 5.74) is 1.16. The molecule has 0 saturated heterocycles. The number of likely N-dealkylation sites (N-methyl/N-ethyl adjacent to an activating group) is 1. The zero-order valence-corrected chi connectivity index (χ0v) is 10.8. The van der Waals surface area contributed by atoms with E-state index in [9.17, 15) is 8.42 Å². The van der Waals surface area contributed by atoms with Crippen LogP contribution < -0.4 is 5.32 Å². The molecule has 1 rings (SSSR count). The van der Waals surface area contributed by atoms with Crippen LogP contribution in [-0.4, -0.2) is 27.8 Å². The highest BCUT2D eigenvalue weighted by atomic mass is 32.2. The van der Waals surface area contributed by atoms with Crippen LogP contribution in [0.5, 0.6) is 0 Å². The topological polar surface area (TPSA) is 46.2 Å². The molecule has 1 N–H and O–H groups in total. The zero-order valence-electron chi connectivity index (χ0n) is 10.0. The monoisotopic (exact) mass is 241 g/mol. The Kier molecular flexibility index (Phi) is 4.50. The molecule has 1 atom stereocenters. The lowest BCUT2D eigenvalue weighted by molar-refractivity contribution is 0.543. The third kappa shape index (κ3) is 3.61. The van der Waals surface area contributed by atoms with E-state index in [1.54, 1.807) is 12.1 Å². The molecule has 90 valence electrons. The zero-order chi connectivity index (χ0) is 12.2. The highest BCUT2D eigenvalue weighted by Gasteiger charge is 2.08. The SMILES string of the molecule is CCC(Cc1ccc(S(C)(=O)=O)cc1)NC. The molecule has 16 heavy (non-hydrogen) atoms. The molecule has 0 heterocycles. The molecular formula is C12H19NO2S. The molecule has 3 nitrogen and oxygen atoms in total. The summed E-state index contributed by atoms with van der Waals surface area (Å²) < 4.78 is 22.5. The summed E-state index contributed by atoms with van der Waals surface area (Å²) >= 11 is 0. The second-order valence-corrected chi connectivity index (χ2v) is 6.03. The van der Waals surface area contributed by atoms with Crippen LogP contribution in [0.4, 0.5) is 0 Å². The van der Waals surface area contributed by atoms with Crippen molar-refractivity contribution in [2.24, 2.45) is 0 Å². The van der Waals surface area contributed by atoms with Crippen LogP contribution in [0.15, 0.2) is 29.2 Å². The fourth-order valence-corrected chi connectivity index (χ4v) is 2.24. The van der Waals surface area contributed by atoms with Gasteiger partial charge in [0.1, 0.15) is 0 Å². The van der Waals surface area contributed by atoms with Crippen molar-refractivity contribution in [3.63, 3.8) is 0 Å². The van der Waals surface area contributed by atoms with Gasteiger partial charge in [-0.25, -0.2) is 8.42 Å². The second kappa shape index (κ2) is 5.46. The summed E-state index contributed by atoms with van der Waals surface area (Å²) in [6, 6.07) is 7.57. The largest absolute Gasteiger partial charge is 0.317 e. The fraction of sp³-hybridized carbons (Fsp3) is 0.500. The van der Waals surface area contributed by atoms with Crippen molar-refractivity contribution in [3.8, 4) is 0 Å². The maximum absolute atomic E-state index is 11.3. The van der Waals surface area contributed by atoms with E-state index < -0.39 is 9.84 Å². The van der Waals surface area contributed by atoms with Crippen LogP contribution in [0.3, 0.4) is 0 Å². The first-order valence-corrected chi connectivity index (χ1v) is 7.32. The van der Waals surface area contributed by atoms with Crippen molar-refractivity contribution in [2.75, 3.05) is 13.3 Å². The molecule has 0 aliphatic carbocycles. The Morgan fingerprint density at radius 2 is 1.81 bits per heavy atom. The number of benzene rings is 1. The number of rotatable bonds is 5. The van der Waals surface area contributed by atoms with Gasteiger partial charge in [-0.15, -0.1) is 0 Å². The Labute approximate surface area is 97.8 Å². The van der Waals surface area contributed by atoms with Gasteiger partial charge in [-0.3, -0.25) is 0 Å². The van der Waals surface area contributed by atoms with E-state index in [1.165, 1.54) is 6.26 Å². The lowest BCUT2D eigenvalue weighted by Gasteiger charge is -2.13. The average molecular weight is 241 g/mol. The van der Waals surface area contributed by atoms with E-state index in [1.807, 2.05) is 19.2 Å². The van der Waals surface area contributed by atoms with Gasteiger partial charge in [-0.2, -0.15) is 0 Å². The summed E-state index contributed by atoms with van der Waals surface area (Å²) in [5.74, 6) is 0. The van der Waals surface area contributed by atoms with E-state index in [0.717, 1.165) is 18.4 Å². The van der Waals surface area contributed by atoms with Gasteiger partial charge in [0.05, 0.1) is 4.90 Å². The van der Waals surface area contributed by atoms with Crippen LogP contribution in [0, 0.1) is 0 Å². The standard InChI is InChI=1S/C12H19NO2S/c1-4-11(13-2)9-10-5-7-12(8-6-10)16(3,14)15/h5-8,11,13H,4,9H2,1-3H3. The first kappa shape index (κ1) is 13.2. The van der Waals surface area contributed by atoms with Gasteiger partial charge in [0.2, 0.25) is 0 Å². The lowest BCUT2D eigenvalue weighted by atomic mass is 10.0. The molecule has 1 aromatic rings. The molecule has 0 radical (unpaired) electrons. The molecule has 4 heteroatoms. The smallest absolute Gasteiger partial charge is 0.175 e. The molecule has 1 aromatic carbocycles. The third-order valence-electron chi connectivity index (χ3n) is 2.73. The van der Waals surface area contributed by atoms with Crippen molar-refractivity contribution in [3.05, 3.63) is 29.8 Å². The molecule has 0 aliphatic heterocycles. The summed E-state index contributed by atoms with van der Waals surface area (Å²) in [5, 5.41) is 3.23. The predicted octanol–water partition coefficient (Wildman–Crippen LogP) is 1.63. The summed E-state index contributed by atoms with van der Waals surface area (Å²) in [6.07, 6.45) is 3.21. The van der Waals surface area contributed by atoms with E-state index in [0.29, 0.717) is 10.9 Å². The normalized spacial score (nSPS) is 13.7. The van der Waals surface area contributed by atoms with Gasteiger partial charge in [0.25, 0.3) is 0 Å². The van der Waals surface area contributed by atoms with E-state index in [2.05, 4.69) is 12.2 Å². The van der Waals surface area contributed by atoms with Crippen LogP contribution in [-0.2, 0) is 16.3 Å². The Hall–Kier alpha value is -0.870. The molecule has 1 unspecified atom stereocenters. The Morgan fingerprint density at radius 1 is 1.25 bits per heavy atom. The number of nitrogens with one attached hydrogen (secondary N) is 1. The molecule has 0 amide bonds. The predicted molar refractivity (Wildman–Crippen MR) is 66.4 cm³/mol. The van der Waals surface area contributed by atoms with Gasteiger partial charge in [-0.1, -0.05) is 19.1 Å². The Bertz CT molecular complexity index is 419. The van der Waals surface area contributed by atoms with E-state index >= 15 is 0 Å². The van der Waals surface area contributed by atoms with Crippen molar-refractivity contribution < 1.29 is 8.42 Å². The summed E-state index contributed by atoms with van der Waals surface area (Å²) in [7, 11) is -1.13. The second-order valence-electron chi connectivity index (χ2n) is 4.01. The Balaban J connectivity index is 2.80. The minimum absolute atomic E-state index is 0.383. The minimum Gasteiger partial charge on any atom is -0.317 e. The first-order valence-electron chi connectivity index (χ1n) is 5.43. The number of sulfone groups is 1. The molecule has 0 aliphatic rings. The minimum atomic E-state index is -3.07. The molecule has 0 saturated carbocycles. The molecule has 0 fully saturated rings. The van der Waals surface area contributed by atoms with Crippen LogP contribution in [0.25, 0.3) is 0 Å². The molecule has 0 aromatic heterocycles. The third-order valence-corrected chi connectivity index (χ3v) is 3.86. The van der Waals surface area contributed by atoms with E-state index in [4.69, 9.17) is 0 Å². The van der Waals surface area contributed by atoms with Crippen molar-refractivity contribution in [2.45, 2.75) is 30.7 Å². The van der Waals surface area contributed by atoms with Gasteiger partial charge in [0.15, 0.2) is 9.84 Å². The van der Waals surface area contributed by atoms with Crippen molar-refractivity contribution >= 4 is 9.84 Å². The molecule has 0 spiro atoms. The highest BCUT2D eigenvalue weighted by Crippen LogP contribution is 2.12. The van der Waals surface area contributed by atoms with Gasteiger partial charge < -0.3 is 5.32 Å². The quantitative estimate of drug-likeness (QED) is 0.852. The fourth-order valence-electron chi connectivity index (χ4n) is 1.61. The van der Waals surface area contributed by atoms with Gasteiger partial charge >= 0.3 is 0 Å². The van der Waals surface area contributed by atoms with Gasteiger partial charge in [0, 0.05) is 12.3 Å². The number of hydrogen-bond donors (Lipinski definition) is 1. The summed E-state index contributed by atoms with van der Waals surface area (Å²) in [4.78, 5) is 0.383. The molecule has 0 bridgehead atoms. The maximum Gasteiger partial charge on any atom is 0.175 e. The maximum atomic E-state index is 11.3. The van der Waals surface area contributed by atoms with Crippen LogP contribution in [0.2, 0.25) is 0 Å². The van der Waals surface area contributed by atoms with Crippen LogP contribution in [0.1, 0.15) is 18.9 Å². The highest BCUT2D eigenvalue weighted by molar-refractivity contribution is 7.90. The van der Waals surface area contributed by atoms with Crippen molar-refractivity contribution in [1.29, 1.82) is 0 Å². The van der Waals surface area contributed by atoms with Crippen LogP contribution >= 0.6 is 0 Å². The van der Waals surface area contributed by atoms with Crippen molar-refractivity contribution in [1.82, 2.24) is 5.32 Å². The lowest BCUT2D eigenvalue weighted by Crippen LogP contribution is -2.26. The molecular weight excluding hydrogens is 222 g/mol. The van der Waals surface area contributed by atoms with Gasteiger partial charge in [-0.05, 0) is 37.6 Å². The average Bonchev–Trinajstić information content (AvgIpc) is 2.25. The summed E-state index contributed by atoms with van der Waals surface area (Å²) in [6.45, 7) is 2.13.